The Morgan fingerprint density at radius 3 is 2.60 bits per heavy atom. The molecule has 9 nitrogen and oxygen atoms in total. The topological polar surface area (TPSA) is 103 Å². The molecule has 0 radical (unpaired) electrons. The molecule has 0 saturated carbocycles. The lowest BCUT2D eigenvalue weighted by Gasteiger charge is -2.31. The predicted octanol–water partition coefficient (Wildman–Crippen LogP) is 1.07. The number of nitrogens with zero attached hydrogens (tertiary/aromatic N) is 4. The van der Waals surface area contributed by atoms with Crippen LogP contribution in [0.1, 0.15) is 6.92 Å². The molecule has 1 aromatic rings. The van der Waals surface area contributed by atoms with Gasteiger partial charge in [0.1, 0.15) is 30.8 Å². The summed E-state index contributed by atoms with van der Waals surface area (Å²) >= 11 is 7.01. The molecule has 0 aliphatic carbocycles. The van der Waals surface area contributed by atoms with E-state index < -0.39 is 24.1 Å². The van der Waals surface area contributed by atoms with Gasteiger partial charge in [-0.2, -0.15) is 0 Å². The first-order chi connectivity index (χ1) is 14.2. The highest BCUT2D eigenvalue weighted by molar-refractivity contribution is 8.14. The number of amides is 3. The summed E-state index contributed by atoms with van der Waals surface area (Å²) in [6, 6.07) is 5.39. The second-order valence-electron chi connectivity index (χ2n) is 6.96. The van der Waals surface area contributed by atoms with Crippen molar-refractivity contribution in [2.24, 2.45) is 4.99 Å². The summed E-state index contributed by atoms with van der Waals surface area (Å²) in [7, 11) is 2.94. The number of halogens is 1. The van der Waals surface area contributed by atoms with Gasteiger partial charge in [0.05, 0.1) is 5.75 Å². The summed E-state index contributed by atoms with van der Waals surface area (Å²) in [5.74, 6) is 0.489. The molecule has 2 atom stereocenters. The number of aliphatic hydroxyl groups excluding tert-OH is 1. The third-order valence-electron chi connectivity index (χ3n) is 4.56. The highest BCUT2D eigenvalue weighted by atomic mass is 35.5. The number of benzene rings is 1. The van der Waals surface area contributed by atoms with Crippen LogP contribution in [0.5, 0.6) is 5.75 Å². The molecule has 1 aromatic carbocycles. The van der Waals surface area contributed by atoms with Crippen LogP contribution in [0.2, 0.25) is 5.02 Å². The second kappa shape index (κ2) is 9.15. The number of urea groups is 1. The summed E-state index contributed by atoms with van der Waals surface area (Å²) in [5.41, 5.74) is 0. The number of hydrogen-bond donors (Lipinski definition) is 1. The maximum Gasteiger partial charge on any atom is 0.358 e. The SMILES string of the molecule is CC(=O)CSC1=[N+](CC(O)COc2ccc(Cl)cc2)C2C(=O)N(C)C(=O)N(C)C2=N1. The Hall–Kier alpha value is -2.43. The minimum Gasteiger partial charge on any atom is -0.491 e. The molecule has 0 bridgehead atoms. The Bertz CT molecular complexity index is 933. The molecule has 11 heteroatoms. The monoisotopic (exact) mass is 453 g/mol. The van der Waals surface area contributed by atoms with Gasteiger partial charge in [0.2, 0.25) is 0 Å². The number of ether oxygens (including phenoxy) is 1. The van der Waals surface area contributed by atoms with E-state index >= 15 is 0 Å². The summed E-state index contributed by atoms with van der Waals surface area (Å²) in [6.07, 6.45) is -0.954. The van der Waals surface area contributed by atoms with Crippen molar-refractivity contribution in [2.45, 2.75) is 19.1 Å². The van der Waals surface area contributed by atoms with Crippen molar-refractivity contribution in [3.8, 4) is 5.75 Å². The third kappa shape index (κ3) is 4.66. The number of imide groups is 1. The first-order valence-electron chi connectivity index (χ1n) is 9.15. The van der Waals surface area contributed by atoms with Gasteiger partial charge in [-0.1, -0.05) is 11.6 Å². The lowest BCUT2D eigenvalue weighted by atomic mass is 10.1. The average Bonchev–Trinajstić information content (AvgIpc) is 3.07. The second-order valence-corrected chi connectivity index (χ2v) is 8.33. The molecule has 0 spiro atoms. The maximum absolute atomic E-state index is 12.8. The average molecular weight is 454 g/mol. The number of fused-ring (bicyclic) bond motifs is 1. The summed E-state index contributed by atoms with van der Waals surface area (Å²) in [4.78, 5) is 43.2. The molecule has 3 rings (SSSR count). The molecule has 1 fully saturated rings. The van der Waals surface area contributed by atoms with Crippen LogP contribution >= 0.6 is 23.4 Å². The van der Waals surface area contributed by atoms with E-state index in [-0.39, 0.29) is 30.5 Å². The molecule has 1 saturated heterocycles. The Morgan fingerprint density at radius 1 is 1.30 bits per heavy atom. The van der Waals surface area contributed by atoms with Crippen molar-refractivity contribution in [3.63, 3.8) is 0 Å². The van der Waals surface area contributed by atoms with Crippen LogP contribution in [-0.2, 0) is 9.59 Å². The van der Waals surface area contributed by atoms with E-state index in [9.17, 15) is 19.5 Å². The number of likely N-dealkylation sites (N-methyl/N-ethyl adjacent to an activating group) is 2. The van der Waals surface area contributed by atoms with E-state index in [1.165, 1.54) is 25.9 Å². The normalized spacial score (nSPS) is 19.8. The van der Waals surface area contributed by atoms with Crippen LogP contribution in [0.4, 0.5) is 4.79 Å². The first-order valence-corrected chi connectivity index (χ1v) is 10.5. The fourth-order valence-electron chi connectivity index (χ4n) is 3.04. The molecule has 2 unspecified atom stereocenters. The summed E-state index contributed by atoms with van der Waals surface area (Å²) < 4.78 is 7.20. The summed E-state index contributed by atoms with van der Waals surface area (Å²) in [6.45, 7) is 1.47. The van der Waals surface area contributed by atoms with Crippen molar-refractivity contribution in [3.05, 3.63) is 29.3 Å². The fraction of sp³-hybridized carbons (Fsp3) is 0.421. The van der Waals surface area contributed by atoms with Gasteiger partial charge in [-0.3, -0.25) is 19.4 Å². The molecule has 2 aliphatic rings. The molecule has 30 heavy (non-hydrogen) atoms. The van der Waals surface area contributed by atoms with Gasteiger partial charge in [0.15, 0.2) is 0 Å². The Morgan fingerprint density at radius 2 is 1.97 bits per heavy atom. The van der Waals surface area contributed by atoms with E-state index in [0.717, 1.165) is 16.7 Å². The smallest absolute Gasteiger partial charge is 0.358 e. The van der Waals surface area contributed by atoms with Crippen molar-refractivity contribution in [1.82, 2.24) is 9.80 Å². The van der Waals surface area contributed by atoms with Gasteiger partial charge in [-0.15, -0.1) is 0 Å². The zero-order valence-corrected chi connectivity index (χ0v) is 18.3. The minimum absolute atomic E-state index is 0.0242. The van der Waals surface area contributed by atoms with Gasteiger partial charge in [-0.05, 0) is 47.9 Å². The van der Waals surface area contributed by atoms with Crippen LogP contribution in [0.15, 0.2) is 29.3 Å². The van der Waals surface area contributed by atoms with E-state index in [1.807, 2.05) is 0 Å². The largest absolute Gasteiger partial charge is 0.491 e. The van der Waals surface area contributed by atoms with Crippen molar-refractivity contribution in [1.29, 1.82) is 0 Å². The van der Waals surface area contributed by atoms with Gasteiger partial charge in [0, 0.05) is 19.1 Å². The standard InChI is InChI=1S/C19H22ClN4O5S/c1-11(25)10-30-18-21-16-15(17(27)23(3)19(28)22(16)2)24(18)8-13(26)9-29-14-6-4-12(20)5-7-14/h4-7,13,15,26H,8-10H2,1-3H3/q+1. The van der Waals surface area contributed by atoms with Crippen molar-refractivity contribution in [2.75, 3.05) is 33.0 Å². The third-order valence-corrected chi connectivity index (χ3v) is 5.95. The highest BCUT2D eigenvalue weighted by Crippen LogP contribution is 2.23. The number of carbonyl (C=O) groups excluding carboxylic acids is 3. The van der Waals surface area contributed by atoms with Crippen LogP contribution in [0.25, 0.3) is 0 Å². The van der Waals surface area contributed by atoms with Crippen molar-refractivity contribution >= 4 is 52.1 Å². The number of Topliss-reactive ketones (excluding diaryl/α,β-unsaturated/α-hetero) is 1. The molecule has 160 valence electrons. The van der Waals surface area contributed by atoms with Crippen LogP contribution in [-0.4, -0.2) is 93.4 Å². The molecular formula is C19H22ClN4O5S+. The number of thioether (sulfide) groups is 1. The Balaban J connectivity index is 1.78. The highest BCUT2D eigenvalue weighted by Gasteiger charge is 2.53. The van der Waals surface area contributed by atoms with Crippen LogP contribution < -0.4 is 4.74 Å². The zero-order valence-electron chi connectivity index (χ0n) is 16.7. The van der Waals surface area contributed by atoms with Crippen LogP contribution in [0, 0.1) is 0 Å². The molecule has 2 aliphatic heterocycles. The van der Waals surface area contributed by atoms with Crippen LogP contribution in [0.3, 0.4) is 0 Å². The molecule has 3 amide bonds. The van der Waals surface area contributed by atoms with E-state index in [1.54, 1.807) is 28.8 Å². The number of β-amino-alcohol motifs (C(OH)–C–C–N with tert-alkyl or cyclic N) is 1. The van der Waals surface area contributed by atoms with Gasteiger partial charge < -0.3 is 9.84 Å². The fourth-order valence-corrected chi connectivity index (χ4v) is 4.01. The quantitative estimate of drug-likeness (QED) is 0.620. The number of ketones is 1. The zero-order chi connectivity index (χ0) is 22.0. The Labute approximate surface area is 183 Å². The number of carbonyl (C=O) groups is 3. The van der Waals surface area contributed by atoms with Gasteiger partial charge in [0.25, 0.3) is 17.8 Å². The van der Waals surface area contributed by atoms with Crippen molar-refractivity contribution < 1.29 is 28.8 Å². The molecule has 1 N–H and O–H groups in total. The molecule has 2 heterocycles. The van der Waals surface area contributed by atoms with E-state index in [2.05, 4.69) is 4.99 Å². The number of aliphatic hydroxyl groups is 1. The maximum atomic E-state index is 12.8. The number of aliphatic imine (C=N–C) groups is 1. The number of rotatable bonds is 7. The Kier molecular flexibility index (Phi) is 6.79. The number of hydrogen-bond acceptors (Lipinski definition) is 7. The van der Waals surface area contributed by atoms with Gasteiger partial charge >= 0.3 is 11.2 Å². The first kappa shape index (κ1) is 22.3. The van der Waals surface area contributed by atoms with E-state index in [4.69, 9.17) is 16.3 Å². The molecule has 0 aromatic heterocycles. The minimum atomic E-state index is -0.954. The lowest BCUT2D eigenvalue weighted by molar-refractivity contribution is -0.541. The predicted molar refractivity (Wildman–Crippen MR) is 113 cm³/mol. The number of amidine groups is 2. The molecular weight excluding hydrogens is 432 g/mol. The summed E-state index contributed by atoms with van der Waals surface area (Å²) in [5, 5.41) is 11.5. The van der Waals surface area contributed by atoms with E-state index in [0.29, 0.717) is 15.9 Å². The lowest BCUT2D eigenvalue weighted by Crippen LogP contribution is -2.62. The van der Waals surface area contributed by atoms with Gasteiger partial charge in [-0.25, -0.2) is 9.37 Å².